The Morgan fingerprint density at radius 2 is 2.11 bits per heavy atom. The number of hydrogen-bond donors (Lipinski definition) is 3. The van der Waals surface area contributed by atoms with Gasteiger partial charge >= 0.3 is 5.97 Å². The van der Waals surface area contributed by atoms with E-state index in [0.717, 1.165) is 5.52 Å². The van der Waals surface area contributed by atoms with Gasteiger partial charge in [-0.1, -0.05) is 0 Å². The van der Waals surface area contributed by atoms with Crippen molar-refractivity contribution in [2.75, 3.05) is 18.5 Å². The summed E-state index contributed by atoms with van der Waals surface area (Å²) in [4.78, 5) is 18.1. The third kappa shape index (κ3) is 2.14. The maximum atomic E-state index is 10.8. The second-order valence-electron chi connectivity index (χ2n) is 4.30. The van der Waals surface area contributed by atoms with Gasteiger partial charge in [-0.25, -0.2) is 4.98 Å². The lowest BCUT2D eigenvalue weighted by atomic mass is 10.2. The van der Waals surface area contributed by atoms with E-state index in [1.165, 1.54) is 0 Å². The van der Waals surface area contributed by atoms with Gasteiger partial charge in [0.15, 0.2) is 11.5 Å². The molecular formula is C12H13N3O4. The Hall–Kier alpha value is -2.44. The van der Waals surface area contributed by atoms with Gasteiger partial charge in [0.25, 0.3) is 0 Å². The molecule has 1 atom stereocenters. The van der Waals surface area contributed by atoms with E-state index in [2.05, 4.69) is 15.3 Å². The van der Waals surface area contributed by atoms with Gasteiger partial charge in [0.05, 0.1) is 11.0 Å². The maximum absolute atomic E-state index is 10.8. The van der Waals surface area contributed by atoms with E-state index in [4.69, 9.17) is 14.6 Å². The molecule has 0 spiro atoms. The number of aromatic nitrogens is 2. The molecule has 100 valence electrons. The molecule has 19 heavy (non-hydrogen) atoms. The Kier molecular flexibility index (Phi) is 2.66. The Balaban J connectivity index is 1.94. The summed E-state index contributed by atoms with van der Waals surface area (Å²) in [5.41, 5.74) is 1.47. The van der Waals surface area contributed by atoms with Crippen LogP contribution in [0.25, 0.3) is 11.0 Å². The van der Waals surface area contributed by atoms with E-state index in [-0.39, 0.29) is 0 Å². The predicted molar refractivity (Wildman–Crippen MR) is 67.8 cm³/mol. The lowest BCUT2D eigenvalue weighted by Crippen LogP contribution is -2.25. The number of carboxylic acids is 1. The Labute approximate surface area is 108 Å². The van der Waals surface area contributed by atoms with Gasteiger partial charge in [0.1, 0.15) is 19.3 Å². The highest BCUT2D eigenvalue weighted by atomic mass is 16.6. The second kappa shape index (κ2) is 4.34. The van der Waals surface area contributed by atoms with Gasteiger partial charge in [0.2, 0.25) is 5.95 Å². The van der Waals surface area contributed by atoms with Crippen molar-refractivity contribution in [2.45, 2.75) is 13.0 Å². The SMILES string of the molecule is CC(Nc1nc2cc3c(cc2[nH]1)OCCO3)C(=O)O. The summed E-state index contributed by atoms with van der Waals surface area (Å²) in [7, 11) is 0. The van der Waals surface area contributed by atoms with Crippen molar-refractivity contribution < 1.29 is 19.4 Å². The highest BCUT2D eigenvalue weighted by Crippen LogP contribution is 2.34. The molecule has 1 unspecified atom stereocenters. The number of hydrogen-bond acceptors (Lipinski definition) is 5. The van der Waals surface area contributed by atoms with Gasteiger partial charge < -0.3 is 24.9 Å². The molecule has 1 aliphatic heterocycles. The minimum Gasteiger partial charge on any atom is -0.486 e. The molecule has 0 saturated carbocycles. The summed E-state index contributed by atoms with van der Waals surface area (Å²) in [5.74, 6) is 0.794. The third-order valence-electron chi connectivity index (χ3n) is 2.87. The fraction of sp³-hybridized carbons (Fsp3) is 0.333. The number of imidazole rings is 1. The van der Waals surface area contributed by atoms with Crippen LogP contribution >= 0.6 is 0 Å². The number of anilines is 1. The third-order valence-corrected chi connectivity index (χ3v) is 2.87. The molecule has 1 aliphatic rings. The lowest BCUT2D eigenvalue weighted by molar-refractivity contribution is -0.137. The first-order valence-corrected chi connectivity index (χ1v) is 5.92. The smallest absolute Gasteiger partial charge is 0.325 e. The first-order valence-electron chi connectivity index (χ1n) is 5.92. The molecule has 0 radical (unpaired) electrons. The average molecular weight is 263 g/mol. The number of benzene rings is 1. The highest BCUT2D eigenvalue weighted by Gasteiger charge is 2.16. The number of carboxylic acid groups (broad SMARTS) is 1. The van der Waals surface area contributed by atoms with Crippen LogP contribution in [0.2, 0.25) is 0 Å². The maximum Gasteiger partial charge on any atom is 0.325 e. The van der Waals surface area contributed by atoms with Crippen LogP contribution in [0.3, 0.4) is 0 Å². The molecule has 7 nitrogen and oxygen atoms in total. The molecule has 0 fully saturated rings. The van der Waals surface area contributed by atoms with Crippen molar-refractivity contribution in [3.8, 4) is 11.5 Å². The Morgan fingerprint density at radius 3 is 2.79 bits per heavy atom. The number of aliphatic carboxylic acids is 1. The van der Waals surface area contributed by atoms with Gasteiger partial charge in [-0.05, 0) is 6.92 Å². The number of H-pyrrole nitrogens is 1. The normalized spacial score (nSPS) is 15.2. The second-order valence-corrected chi connectivity index (χ2v) is 4.30. The molecule has 0 saturated heterocycles. The molecule has 0 bridgehead atoms. The monoisotopic (exact) mass is 263 g/mol. The van der Waals surface area contributed by atoms with Crippen LogP contribution in [0.15, 0.2) is 12.1 Å². The summed E-state index contributed by atoms with van der Waals surface area (Å²) in [5, 5.41) is 11.6. The number of rotatable bonds is 3. The predicted octanol–water partition coefficient (Wildman–Crippen LogP) is 1.22. The van der Waals surface area contributed by atoms with Gasteiger partial charge in [-0.3, -0.25) is 4.79 Å². The molecule has 0 aliphatic carbocycles. The number of aromatic amines is 1. The molecule has 0 amide bonds. The average Bonchev–Trinajstić information content (AvgIpc) is 2.76. The van der Waals surface area contributed by atoms with Crippen molar-refractivity contribution in [1.29, 1.82) is 0 Å². The molecule has 2 heterocycles. The molecule has 1 aromatic heterocycles. The molecule has 3 N–H and O–H groups in total. The van der Waals surface area contributed by atoms with E-state index in [9.17, 15) is 4.79 Å². The number of carbonyl (C=O) groups is 1. The van der Waals surface area contributed by atoms with Crippen molar-refractivity contribution in [3.05, 3.63) is 12.1 Å². The van der Waals surface area contributed by atoms with Gasteiger partial charge in [0, 0.05) is 12.1 Å². The topological polar surface area (TPSA) is 96.5 Å². The van der Waals surface area contributed by atoms with Crippen LogP contribution in [0.5, 0.6) is 11.5 Å². The Bertz CT molecular complexity index is 594. The zero-order valence-corrected chi connectivity index (χ0v) is 10.3. The molecule has 1 aromatic carbocycles. The summed E-state index contributed by atoms with van der Waals surface area (Å²) < 4.78 is 10.9. The largest absolute Gasteiger partial charge is 0.486 e. The molecule has 2 aromatic rings. The number of fused-ring (bicyclic) bond motifs is 2. The van der Waals surface area contributed by atoms with Crippen molar-refractivity contribution in [1.82, 2.24) is 9.97 Å². The number of nitrogens with one attached hydrogen (secondary N) is 2. The number of ether oxygens (including phenoxy) is 2. The van der Waals surface area contributed by atoms with Crippen LogP contribution in [0, 0.1) is 0 Å². The summed E-state index contributed by atoms with van der Waals surface area (Å²) >= 11 is 0. The van der Waals surface area contributed by atoms with Gasteiger partial charge in [-0.15, -0.1) is 0 Å². The minimum atomic E-state index is -0.939. The van der Waals surface area contributed by atoms with Crippen LogP contribution in [-0.2, 0) is 4.79 Å². The van der Waals surface area contributed by atoms with Crippen molar-refractivity contribution in [2.24, 2.45) is 0 Å². The summed E-state index contributed by atoms with van der Waals surface area (Å²) in [6, 6.07) is 2.85. The van der Waals surface area contributed by atoms with Crippen LogP contribution < -0.4 is 14.8 Å². The molecule has 3 rings (SSSR count). The van der Waals surface area contributed by atoms with Gasteiger partial charge in [-0.2, -0.15) is 0 Å². The standard InChI is InChI=1S/C12H13N3O4/c1-6(11(16)17)13-12-14-7-4-9-10(5-8(7)15-12)19-3-2-18-9/h4-6H,2-3H2,1H3,(H,16,17)(H2,13,14,15). The first-order chi connectivity index (χ1) is 9.13. The van der Waals surface area contributed by atoms with Crippen molar-refractivity contribution in [3.63, 3.8) is 0 Å². The van der Waals surface area contributed by atoms with E-state index in [1.54, 1.807) is 19.1 Å². The van der Waals surface area contributed by atoms with Crippen LogP contribution in [0.4, 0.5) is 5.95 Å². The van der Waals surface area contributed by atoms with E-state index >= 15 is 0 Å². The fourth-order valence-corrected chi connectivity index (χ4v) is 1.88. The van der Waals surface area contributed by atoms with E-state index in [0.29, 0.717) is 36.2 Å². The first kappa shape index (κ1) is 11.6. The van der Waals surface area contributed by atoms with Crippen LogP contribution in [0.1, 0.15) is 6.92 Å². The highest BCUT2D eigenvalue weighted by molar-refractivity contribution is 5.83. The summed E-state index contributed by atoms with van der Waals surface area (Å²) in [6.45, 7) is 2.59. The fourth-order valence-electron chi connectivity index (χ4n) is 1.88. The van der Waals surface area contributed by atoms with E-state index in [1.807, 2.05) is 0 Å². The number of nitrogens with zero attached hydrogens (tertiary/aromatic N) is 1. The van der Waals surface area contributed by atoms with E-state index < -0.39 is 12.0 Å². The summed E-state index contributed by atoms with van der Waals surface area (Å²) in [6.07, 6.45) is 0. The zero-order valence-electron chi connectivity index (χ0n) is 10.3. The van der Waals surface area contributed by atoms with Crippen LogP contribution in [-0.4, -0.2) is 40.3 Å². The molecule has 7 heteroatoms. The zero-order chi connectivity index (χ0) is 13.4. The quantitative estimate of drug-likeness (QED) is 0.770. The Morgan fingerprint density at radius 1 is 1.42 bits per heavy atom. The molecular weight excluding hydrogens is 250 g/mol. The minimum absolute atomic E-state index is 0.409. The lowest BCUT2D eigenvalue weighted by Gasteiger charge is -2.17. The van der Waals surface area contributed by atoms with Crippen molar-refractivity contribution >= 4 is 23.0 Å².